The fourth-order valence-corrected chi connectivity index (χ4v) is 3.48. The lowest BCUT2D eigenvalue weighted by Crippen LogP contribution is -2.34. The maximum Gasteiger partial charge on any atom is 0.171 e. The van der Waals surface area contributed by atoms with Crippen molar-refractivity contribution in [3.8, 4) is 0 Å². The maximum atomic E-state index is 6.11. The summed E-state index contributed by atoms with van der Waals surface area (Å²) >= 11 is 7.95. The Labute approximate surface area is 109 Å². The minimum atomic E-state index is 0.319. The van der Waals surface area contributed by atoms with Gasteiger partial charge in [0.25, 0.3) is 0 Å². The highest BCUT2D eigenvalue weighted by Crippen LogP contribution is 2.36. The molecule has 0 aliphatic carbocycles. The van der Waals surface area contributed by atoms with E-state index in [-0.39, 0.29) is 0 Å². The van der Waals surface area contributed by atoms with Crippen LogP contribution in [0.25, 0.3) is 0 Å². The van der Waals surface area contributed by atoms with Gasteiger partial charge in [0.2, 0.25) is 0 Å². The zero-order valence-corrected chi connectivity index (χ0v) is 11.0. The highest BCUT2D eigenvalue weighted by atomic mass is 35.5. The van der Waals surface area contributed by atoms with Crippen molar-refractivity contribution in [2.45, 2.75) is 19.4 Å². The molecule has 0 aromatic carbocycles. The molecule has 0 saturated heterocycles. The summed E-state index contributed by atoms with van der Waals surface area (Å²) in [5, 5.41) is 2.64. The first-order chi connectivity index (χ1) is 8.27. The van der Waals surface area contributed by atoms with Gasteiger partial charge in [0, 0.05) is 23.8 Å². The molecule has 0 radical (unpaired) electrons. The number of aromatic nitrogens is 2. The minimum Gasteiger partial charge on any atom is -0.347 e. The fourth-order valence-electron chi connectivity index (χ4n) is 2.31. The highest BCUT2D eigenvalue weighted by molar-refractivity contribution is 7.10. The van der Waals surface area contributed by atoms with Crippen molar-refractivity contribution in [2.24, 2.45) is 0 Å². The maximum absolute atomic E-state index is 6.11. The van der Waals surface area contributed by atoms with E-state index in [2.05, 4.69) is 33.2 Å². The van der Waals surface area contributed by atoms with E-state index in [1.54, 1.807) is 12.4 Å². The van der Waals surface area contributed by atoms with Crippen LogP contribution in [-0.2, 0) is 6.42 Å². The summed E-state index contributed by atoms with van der Waals surface area (Å²) in [4.78, 5) is 12.1. The summed E-state index contributed by atoms with van der Waals surface area (Å²) in [6.45, 7) is 3.14. The molecule has 0 bridgehead atoms. The second-order valence-corrected chi connectivity index (χ2v) is 5.45. The van der Waals surface area contributed by atoms with Gasteiger partial charge in [-0.25, -0.2) is 9.97 Å². The standard InChI is InChI=1S/C12H12ClN3S/c1-8-9-3-7-17-10(9)2-6-16(8)12-11(13)14-4-5-15-12/h3-5,7-8H,2,6H2,1H3. The van der Waals surface area contributed by atoms with Gasteiger partial charge in [0.05, 0.1) is 6.04 Å². The van der Waals surface area contributed by atoms with Gasteiger partial charge in [-0.15, -0.1) is 11.3 Å². The third-order valence-corrected chi connectivity index (χ3v) is 4.45. The van der Waals surface area contributed by atoms with E-state index in [1.807, 2.05) is 11.3 Å². The number of thiophene rings is 1. The first kappa shape index (κ1) is 11.0. The van der Waals surface area contributed by atoms with Crippen molar-refractivity contribution >= 4 is 28.8 Å². The van der Waals surface area contributed by atoms with Crippen molar-refractivity contribution in [2.75, 3.05) is 11.4 Å². The van der Waals surface area contributed by atoms with Crippen molar-refractivity contribution in [1.82, 2.24) is 9.97 Å². The van der Waals surface area contributed by atoms with E-state index < -0.39 is 0 Å². The van der Waals surface area contributed by atoms with Crippen LogP contribution in [-0.4, -0.2) is 16.5 Å². The average Bonchev–Trinajstić information content (AvgIpc) is 2.80. The molecule has 3 rings (SSSR count). The highest BCUT2D eigenvalue weighted by Gasteiger charge is 2.27. The smallest absolute Gasteiger partial charge is 0.171 e. The Morgan fingerprint density at radius 3 is 3.06 bits per heavy atom. The molecule has 1 aliphatic heterocycles. The molecule has 0 fully saturated rings. The summed E-state index contributed by atoms with van der Waals surface area (Å²) in [6.07, 6.45) is 4.37. The van der Waals surface area contributed by atoms with Gasteiger partial charge < -0.3 is 4.90 Å². The lowest BCUT2D eigenvalue weighted by atomic mass is 10.0. The molecule has 1 aliphatic rings. The van der Waals surface area contributed by atoms with E-state index in [1.165, 1.54) is 10.4 Å². The Balaban J connectivity index is 2.00. The molecule has 1 unspecified atom stereocenters. The normalized spacial score (nSPS) is 19.2. The Hall–Kier alpha value is -1.13. The lowest BCUT2D eigenvalue weighted by Gasteiger charge is -2.34. The largest absolute Gasteiger partial charge is 0.347 e. The molecule has 0 N–H and O–H groups in total. The van der Waals surface area contributed by atoms with Crippen LogP contribution in [0.1, 0.15) is 23.4 Å². The number of anilines is 1. The summed E-state index contributed by atoms with van der Waals surface area (Å²) in [6, 6.07) is 2.51. The SMILES string of the molecule is CC1c2ccsc2CCN1c1nccnc1Cl. The van der Waals surface area contributed by atoms with Gasteiger partial charge in [-0.2, -0.15) is 0 Å². The van der Waals surface area contributed by atoms with Gasteiger partial charge in [0.1, 0.15) is 0 Å². The number of halogens is 1. The van der Waals surface area contributed by atoms with Gasteiger partial charge in [-0.3, -0.25) is 0 Å². The molecule has 5 heteroatoms. The molecule has 2 aromatic heterocycles. The van der Waals surface area contributed by atoms with Gasteiger partial charge in [-0.1, -0.05) is 11.6 Å². The number of rotatable bonds is 1. The average molecular weight is 266 g/mol. The topological polar surface area (TPSA) is 29.0 Å². The fraction of sp³-hybridized carbons (Fsp3) is 0.333. The predicted octanol–water partition coefficient (Wildman–Crippen LogP) is 3.32. The second kappa shape index (κ2) is 4.27. The Morgan fingerprint density at radius 2 is 2.24 bits per heavy atom. The van der Waals surface area contributed by atoms with Crippen LogP contribution in [0.4, 0.5) is 5.82 Å². The predicted molar refractivity (Wildman–Crippen MR) is 70.8 cm³/mol. The Kier molecular flexibility index (Phi) is 2.76. The molecule has 2 aromatic rings. The molecular weight excluding hydrogens is 254 g/mol. The Bertz CT molecular complexity index is 540. The van der Waals surface area contributed by atoms with E-state index in [0.717, 1.165) is 18.8 Å². The monoisotopic (exact) mass is 265 g/mol. The molecule has 0 spiro atoms. The second-order valence-electron chi connectivity index (χ2n) is 4.09. The van der Waals surface area contributed by atoms with Crippen molar-refractivity contribution in [1.29, 1.82) is 0 Å². The van der Waals surface area contributed by atoms with Gasteiger partial charge >= 0.3 is 0 Å². The van der Waals surface area contributed by atoms with Crippen molar-refractivity contribution in [3.63, 3.8) is 0 Å². The quantitative estimate of drug-likeness (QED) is 0.792. The minimum absolute atomic E-state index is 0.319. The van der Waals surface area contributed by atoms with Crippen molar-refractivity contribution in [3.05, 3.63) is 39.4 Å². The molecule has 1 atom stereocenters. The molecule has 3 nitrogen and oxygen atoms in total. The molecule has 0 amide bonds. The number of nitrogens with zero attached hydrogens (tertiary/aromatic N) is 3. The van der Waals surface area contributed by atoms with Gasteiger partial charge in [-0.05, 0) is 30.4 Å². The van der Waals surface area contributed by atoms with E-state index in [0.29, 0.717) is 11.2 Å². The van der Waals surface area contributed by atoms with Crippen LogP contribution in [0.5, 0.6) is 0 Å². The number of hydrogen-bond acceptors (Lipinski definition) is 4. The van der Waals surface area contributed by atoms with Crippen LogP contribution in [0.3, 0.4) is 0 Å². The summed E-state index contributed by atoms with van der Waals surface area (Å²) in [5.41, 5.74) is 1.39. The molecule has 3 heterocycles. The van der Waals surface area contributed by atoms with Crippen LogP contribution >= 0.6 is 22.9 Å². The van der Waals surface area contributed by atoms with Crippen LogP contribution in [0.2, 0.25) is 5.15 Å². The summed E-state index contributed by atoms with van der Waals surface area (Å²) in [7, 11) is 0. The lowest BCUT2D eigenvalue weighted by molar-refractivity contribution is 0.623. The number of fused-ring (bicyclic) bond motifs is 1. The number of hydrogen-bond donors (Lipinski definition) is 0. The molecule has 88 valence electrons. The first-order valence-electron chi connectivity index (χ1n) is 5.57. The van der Waals surface area contributed by atoms with E-state index >= 15 is 0 Å². The molecular formula is C12H12ClN3S. The summed E-state index contributed by atoms with van der Waals surface area (Å²) in [5.74, 6) is 0.790. The third kappa shape index (κ3) is 1.81. The van der Waals surface area contributed by atoms with Crippen LogP contribution in [0.15, 0.2) is 23.8 Å². The Morgan fingerprint density at radius 1 is 1.41 bits per heavy atom. The zero-order chi connectivity index (χ0) is 11.8. The zero-order valence-electron chi connectivity index (χ0n) is 9.43. The van der Waals surface area contributed by atoms with Crippen LogP contribution in [0, 0.1) is 0 Å². The van der Waals surface area contributed by atoms with Crippen molar-refractivity contribution < 1.29 is 0 Å². The van der Waals surface area contributed by atoms with E-state index in [9.17, 15) is 0 Å². The first-order valence-corrected chi connectivity index (χ1v) is 6.82. The van der Waals surface area contributed by atoms with Gasteiger partial charge in [0.15, 0.2) is 11.0 Å². The van der Waals surface area contributed by atoms with E-state index in [4.69, 9.17) is 11.6 Å². The molecule has 17 heavy (non-hydrogen) atoms. The summed E-state index contributed by atoms with van der Waals surface area (Å²) < 4.78 is 0. The third-order valence-electron chi connectivity index (χ3n) is 3.19. The van der Waals surface area contributed by atoms with Crippen LogP contribution < -0.4 is 4.90 Å². The molecule has 0 saturated carbocycles.